The normalized spacial score (nSPS) is 21.2. The minimum Gasteiger partial charge on any atom is -0.469 e. The van der Waals surface area contributed by atoms with Gasteiger partial charge in [0.2, 0.25) is 5.90 Å². The Balaban J connectivity index is 1.71. The minimum absolute atomic E-state index is 0.0365. The average molecular weight is 294 g/mol. The van der Waals surface area contributed by atoms with E-state index in [9.17, 15) is 0 Å². The number of hydrazone groups is 1. The molecule has 1 aliphatic heterocycles. The van der Waals surface area contributed by atoms with Gasteiger partial charge in [-0.15, -0.1) is 5.10 Å². The van der Waals surface area contributed by atoms with E-state index in [1.807, 2.05) is 24.2 Å². The molecule has 0 amide bonds. The van der Waals surface area contributed by atoms with Gasteiger partial charge in [-0.25, -0.2) is 0 Å². The van der Waals surface area contributed by atoms with Crippen LogP contribution < -0.4 is 0 Å². The van der Waals surface area contributed by atoms with E-state index in [-0.39, 0.29) is 12.1 Å². The first-order chi connectivity index (χ1) is 10.7. The summed E-state index contributed by atoms with van der Waals surface area (Å²) in [6.07, 6.45) is 1.81. The number of hydrogen-bond acceptors (Lipinski definition) is 3. The summed E-state index contributed by atoms with van der Waals surface area (Å²) in [6, 6.07) is 21.1. The van der Waals surface area contributed by atoms with Crippen LogP contribution in [-0.2, 0) is 11.2 Å². The number of nitrogens with zero attached hydrogens (tertiary/aromatic N) is 2. The molecule has 1 heterocycles. The summed E-state index contributed by atoms with van der Waals surface area (Å²) >= 11 is 0. The zero-order valence-corrected chi connectivity index (χ0v) is 13.1. The third kappa shape index (κ3) is 3.30. The molecule has 3 nitrogen and oxygen atoms in total. The van der Waals surface area contributed by atoms with E-state index < -0.39 is 0 Å². The summed E-state index contributed by atoms with van der Waals surface area (Å²) in [6.45, 7) is 2.15. The Labute approximate surface area is 132 Å². The molecule has 2 atom stereocenters. The molecular weight excluding hydrogens is 272 g/mol. The lowest BCUT2D eigenvalue weighted by molar-refractivity contribution is 0.0486. The molecule has 3 heteroatoms. The summed E-state index contributed by atoms with van der Waals surface area (Å²) in [5.41, 5.74) is 2.51. The Hall–Kier alpha value is -2.29. The van der Waals surface area contributed by atoms with Crippen LogP contribution in [0.1, 0.15) is 30.6 Å². The molecule has 0 N–H and O–H groups in total. The molecule has 114 valence electrons. The van der Waals surface area contributed by atoms with Crippen LogP contribution in [-0.4, -0.2) is 24.0 Å². The van der Waals surface area contributed by atoms with Crippen LogP contribution in [0.25, 0.3) is 0 Å². The Kier molecular flexibility index (Phi) is 4.42. The van der Waals surface area contributed by atoms with Crippen LogP contribution >= 0.6 is 0 Å². The van der Waals surface area contributed by atoms with Crippen LogP contribution in [0.15, 0.2) is 65.8 Å². The number of aryl methyl sites for hydroxylation is 1. The van der Waals surface area contributed by atoms with Gasteiger partial charge >= 0.3 is 0 Å². The second-order valence-electron chi connectivity index (χ2n) is 5.74. The highest BCUT2D eigenvalue weighted by atomic mass is 16.5. The topological polar surface area (TPSA) is 24.8 Å². The van der Waals surface area contributed by atoms with E-state index in [1.54, 1.807) is 0 Å². The fourth-order valence-electron chi connectivity index (χ4n) is 2.73. The van der Waals surface area contributed by atoms with E-state index >= 15 is 0 Å². The molecule has 1 aliphatic rings. The van der Waals surface area contributed by atoms with Gasteiger partial charge in [0, 0.05) is 13.5 Å². The number of benzene rings is 2. The fourth-order valence-corrected chi connectivity index (χ4v) is 2.73. The predicted molar refractivity (Wildman–Crippen MR) is 89.7 cm³/mol. The van der Waals surface area contributed by atoms with Crippen molar-refractivity contribution < 1.29 is 4.74 Å². The zero-order valence-electron chi connectivity index (χ0n) is 13.1. The number of ether oxygens (including phenoxy) is 1. The van der Waals surface area contributed by atoms with E-state index in [4.69, 9.17) is 4.74 Å². The van der Waals surface area contributed by atoms with Crippen molar-refractivity contribution in [3.63, 3.8) is 0 Å². The molecule has 0 spiro atoms. The molecule has 0 unspecified atom stereocenters. The number of likely N-dealkylation sites (N-methyl/N-ethyl adjacent to an activating group) is 1. The molecule has 0 bridgehead atoms. The van der Waals surface area contributed by atoms with Gasteiger partial charge in [0.05, 0.1) is 6.04 Å². The third-order valence-electron chi connectivity index (χ3n) is 4.16. The van der Waals surface area contributed by atoms with Gasteiger partial charge in [0.15, 0.2) is 0 Å². The fraction of sp³-hybridized carbons (Fsp3) is 0.316. The average Bonchev–Trinajstić information content (AvgIpc) is 2.57. The molecule has 0 fully saturated rings. The van der Waals surface area contributed by atoms with Crippen molar-refractivity contribution >= 4 is 5.90 Å². The van der Waals surface area contributed by atoms with Gasteiger partial charge in [-0.1, -0.05) is 60.7 Å². The zero-order chi connectivity index (χ0) is 15.4. The van der Waals surface area contributed by atoms with E-state index in [2.05, 4.69) is 60.6 Å². The Bertz CT molecular complexity index is 624. The van der Waals surface area contributed by atoms with Crippen molar-refractivity contribution in [2.45, 2.75) is 31.9 Å². The highest BCUT2D eigenvalue weighted by Crippen LogP contribution is 2.29. The summed E-state index contributed by atoms with van der Waals surface area (Å²) in [5.74, 6) is 0.818. The van der Waals surface area contributed by atoms with E-state index in [0.29, 0.717) is 0 Å². The van der Waals surface area contributed by atoms with Crippen molar-refractivity contribution in [2.24, 2.45) is 5.10 Å². The van der Waals surface area contributed by atoms with E-state index in [0.717, 1.165) is 18.7 Å². The maximum Gasteiger partial charge on any atom is 0.206 e. The number of hydrogen-bond donors (Lipinski definition) is 0. The third-order valence-corrected chi connectivity index (χ3v) is 4.16. The quantitative estimate of drug-likeness (QED) is 0.850. The Morgan fingerprint density at radius 1 is 0.955 bits per heavy atom. The minimum atomic E-state index is 0.0365. The van der Waals surface area contributed by atoms with Crippen LogP contribution in [0, 0.1) is 0 Å². The smallest absolute Gasteiger partial charge is 0.206 e. The van der Waals surface area contributed by atoms with Gasteiger partial charge in [-0.2, -0.15) is 0 Å². The maximum absolute atomic E-state index is 6.19. The standard InChI is InChI=1S/C19H22N2O/c1-15-19(17-11-7-4-8-12-17)22-18(20-21(15)2)14-13-16-9-5-3-6-10-16/h3-12,15,19H,13-14H2,1-2H3/t15-,19-/m1/s1. The van der Waals surface area contributed by atoms with Gasteiger partial charge in [0.25, 0.3) is 0 Å². The summed E-state index contributed by atoms with van der Waals surface area (Å²) in [7, 11) is 2.02. The molecule has 3 rings (SSSR count). The van der Waals surface area contributed by atoms with Crippen molar-refractivity contribution in [2.75, 3.05) is 7.05 Å². The summed E-state index contributed by atoms with van der Waals surface area (Å²) in [4.78, 5) is 0. The molecule has 2 aromatic rings. The molecule has 2 aromatic carbocycles. The first kappa shape index (κ1) is 14.6. The van der Waals surface area contributed by atoms with Gasteiger partial charge in [-0.05, 0) is 24.5 Å². The SMILES string of the molecule is C[C@@H]1[C@H](c2ccccc2)OC(CCc2ccccc2)=NN1C. The highest BCUT2D eigenvalue weighted by molar-refractivity contribution is 5.77. The predicted octanol–water partition coefficient (Wildman–Crippen LogP) is 4.02. The molecular formula is C19H22N2O. The van der Waals surface area contributed by atoms with E-state index in [1.165, 1.54) is 11.1 Å². The molecule has 0 aromatic heterocycles. The number of rotatable bonds is 4. The van der Waals surface area contributed by atoms with Crippen molar-refractivity contribution in [3.05, 3.63) is 71.8 Å². The van der Waals surface area contributed by atoms with Gasteiger partial charge in [-0.3, -0.25) is 5.01 Å². The van der Waals surface area contributed by atoms with Crippen molar-refractivity contribution in [1.82, 2.24) is 5.01 Å². The van der Waals surface area contributed by atoms with Crippen LogP contribution in [0.5, 0.6) is 0 Å². The van der Waals surface area contributed by atoms with Crippen molar-refractivity contribution in [3.8, 4) is 0 Å². The first-order valence-corrected chi connectivity index (χ1v) is 7.80. The molecule has 22 heavy (non-hydrogen) atoms. The first-order valence-electron chi connectivity index (χ1n) is 7.80. The van der Waals surface area contributed by atoms with Crippen LogP contribution in [0.4, 0.5) is 0 Å². The van der Waals surface area contributed by atoms with Crippen molar-refractivity contribution in [1.29, 1.82) is 0 Å². The van der Waals surface area contributed by atoms with Gasteiger partial charge < -0.3 is 4.74 Å². The molecule has 0 saturated heterocycles. The lowest BCUT2D eigenvalue weighted by atomic mass is 10.0. The highest BCUT2D eigenvalue weighted by Gasteiger charge is 2.29. The maximum atomic E-state index is 6.19. The lowest BCUT2D eigenvalue weighted by Crippen LogP contribution is -2.38. The largest absolute Gasteiger partial charge is 0.469 e. The second kappa shape index (κ2) is 6.65. The van der Waals surface area contributed by atoms with Crippen LogP contribution in [0.3, 0.4) is 0 Å². The Morgan fingerprint density at radius 2 is 1.59 bits per heavy atom. The van der Waals surface area contributed by atoms with Crippen LogP contribution in [0.2, 0.25) is 0 Å². The molecule has 0 saturated carbocycles. The molecule has 0 radical (unpaired) electrons. The Morgan fingerprint density at radius 3 is 2.27 bits per heavy atom. The second-order valence-corrected chi connectivity index (χ2v) is 5.74. The molecule has 0 aliphatic carbocycles. The summed E-state index contributed by atoms with van der Waals surface area (Å²) in [5, 5.41) is 6.60. The monoisotopic (exact) mass is 294 g/mol. The summed E-state index contributed by atoms with van der Waals surface area (Å²) < 4.78 is 6.19. The van der Waals surface area contributed by atoms with Gasteiger partial charge in [0.1, 0.15) is 6.10 Å². The lowest BCUT2D eigenvalue weighted by Gasteiger charge is -2.36.